The van der Waals surface area contributed by atoms with Crippen LogP contribution in [0.5, 0.6) is 5.75 Å². The number of phenols is 1. The monoisotopic (exact) mass is 245 g/mol. The van der Waals surface area contributed by atoms with Gasteiger partial charge in [-0.1, -0.05) is 6.92 Å². The Kier molecular flexibility index (Phi) is 3.22. The zero-order valence-electron chi connectivity index (χ0n) is 7.86. The lowest BCUT2D eigenvalue weighted by Crippen LogP contribution is -1.99. The van der Waals surface area contributed by atoms with E-state index in [4.69, 9.17) is 15.9 Å². The van der Waals surface area contributed by atoms with Gasteiger partial charge in [-0.15, -0.1) is 0 Å². The largest absolute Gasteiger partial charge is 0.508 e. The molecule has 0 saturated carbocycles. The molecule has 15 heavy (non-hydrogen) atoms. The quantitative estimate of drug-likeness (QED) is 0.806. The van der Waals surface area contributed by atoms with E-state index in [1.807, 2.05) is 0 Å². The Hall–Kier alpha value is -1.25. The third-order valence-corrected chi connectivity index (χ3v) is 3.34. The molecule has 1 aromatic rings. The van der Waals surface area contributed by atoms with Crippen LogP contribution in [0.25, 0.3) is 0 Å². The highest BCUT2D eigenvalue weighted by atomic mass is 35.7. The Labute approximate surface area is 92.1 Å². The number of hydrogen-bond donors (Lipinski definition) is 1. The second kappa shape index (κ2) is 4.09. The maximum Gasteiger partial charge on any atom is 0.262 e. The number of nitrogens with zero attached hydrogens (tertiary/aromatic N) is 1. The van der Waals surface area contributed by atoms with Crippen LogP contribution in [0.4, 0.5) is 0 Å². The van der Waals surface area contributed by atoms with Gasteiger partial charge in [0.25, 0.3) is 9.05 Å². The Balaban J connectivity index is 3.66. The van der Waals surface area contributed by atoms with Crippen molar-refractivity contribution in [3.8, 4) is 11.8 Å². The van der Waals surface area contributed by atoms with Gasteiger partial charge in [0.15, 0.2) is 0 Å². The summed E-state index contributed by atoms with van der Waals surface area (Å²) < 4.78 is 22.2. The molecular weight excluding hydrogens is 238 g/mol. The van der Waals surface area contributed by atoms with Gasteiger partial charge >= 0.3 is 0 Å². The maximum absolute atomic E-state index is 11.1. The lowest BCUT2D eigenvalue weighted by molar-refractivity contribution is 0.468. The Bertz CT molecular complexity index is 531. The van der Waals surface area contributed by atoms with E-state index >= 15 is 0 Å². The van der Waals surface area contributed by atoms with E-state index in [2.05, 4.69) is 0 Å². The summed E-state index contributed by atoms with van der Waals surface area (Å²) in [5.41, 5.74) is 0.201. The lowest BCUT2D eigenvalue weighted by Gasteiger charge is -2.07. The minimum atomic E-state index is -3.96. The molecule has 0 heterocycles. The normalized spacial score (nSPS) is 11.0. The van der Waals surface area contributed by atoms with Crippen LogP contribution in [-0.4, -0.2) is 13.5 Å². The number of nitriles is 1. The first kappa shape index (κ1) is 11.8. The van der Waals surface area contributed by atoms with Crippen LogP contribution in [0.2, 0.25) is 0 Å². The van der Waals surface area contributed by atoms with E-state index in [0.717, 1.165) is 6.07 Å². The molecule has 0 spiro atoms. The molecule has 1 aromatic carbocycles. The van der Waals surface area contributed by atoms with Crippen molar-refractivity contribution in [3.63, 3.8) is 0 Å². The Morgan fingerprint density at radius 2 is 2.13 bits per heavy atom. The topological polar surface area (TPSA) is 78.2 Å². The summed E-state index contributed by atoms with van der Waals surface area (Å²) in [5, 5.41) is 18.3. The van der Waals surface area contributed by atoms with Crippen molar-refractivity contribution in [2.24, 2.45) is 0 Å². The minimum absolute atomic E-state index is 0.0903. The highest BCUT2D eigenvalue weighted by molar-refractivity contribution is 8.13. The molecule has 4 nitrogen and oxygen atoms in total. The molecule has 0 unspecified atom stereocenters. The molecule has 6 heteroatoms. The number of benzene rings is 1. The Morgan fingerprint density at radius 3 is 2.53 bits per heavy atom. The average molecular weight is 246 g/mol. The van der Waals surface area contributed by atoms with Gasteiger partial charge in [0.1, 0.15) is 16.7 Å². The van der Waals surface area contributed by atoms with Gasteiger partial charge in [-0.05, 0) is 18.6 Å². The lowest BCUT2D eigenvalue weighted by atomic mass is 10.1. The van der Waals surface area contributed by atoms with E-state index < -0.39 is 9.05 Å². The van der Waals surface area contributed by atoms with Crippen LogP contribution in [0.15, 0.2) is 17.0 Å². The molecule has 0 bridgehead atoms. The summed E-state index contributed by atoms with van der Waals surface area (Å²) in [6.45, 7) is 1.71. The third kappa shape index (κ3) is 2.22. The van der Waals surface area contributed by atoms with Crippen molar-refractivity contribution < 1.29 is 13.5 Å². The maximum atomic E-state index is 11.1. The van der Waals surface area contributed by atoms with Crippen LogP contribution in [0.3, 0.4) is 0 Å². The fraction of sp³-hybridized carbons (Fsp3) is 0.222. The van der Waals surface area contributed by atoms with Crippen molar-refractivity contribution in [3.05, 3.63) is 23.3 Å². The highest BCUT2D eigenvalue weighted by Gasteiger charge is 2.20. The summed E-state index contributed by atoms with van der Waals surface area (Å²) >= 11 is 0. The molecular formula is C9H8ClNO3S. The van der Waals surface area contributed by atoms with Crippen molar-refractivity contribution in [2.75, 3.05) is 0 Å². The van der Waals surface area contributed by atoms with Crippen LogP contribution >= 0.6 is 10.7 Å². The van der Waals surface area contributed by atoms with Crippen molar-refractivity contribution >= 4 is 19.7 Å². The molecule has 0 atom stereocenters. The summed E-state index contributed by atoms with van der Waals surface area (Å²) in [6.07, 6.45) is 0.356. The second-order valence-corrected chi connectivity index (χ2v) is 5.37. The van der Waals surface area contributed by atoms with E-state index in [9.17, 15) is 13.5 Å². The SMILES string of the molecule is CCc1c(O)ccc(S(=O)(=O)Cl)c1C#N. The molecule has 0 fully saturated rings. The van der Waals surface area contributed by atoms with E-state index in [0.29, 0.717) is 12.0 Å². The van der Waals surface area contributed by atoms with E-state index in [1.54, 1.807) is 13.0 Å². The minimum Gasteiger partial charge on any atom is -0.508 e. The van der Waals surface area contributed by atoms with Gasteiger partial charge in [-0.3, -0.25) is 0 Å². The number of aromatic hydroxyl groups is 1. The first-order chi connectivity index (χ1) is 6.91. The number of halogens is 1. The summed E-state index contributed by atoms with van der Waals surface area (Å²) in [7, 11) is 1.21. The standard InChI is InChI=1S/C9H8ClNO3S/c1-2-6-7(5-11)9(15(10,13)14)4-3-8(6)12/h3-4,12H,2H2,1H3. The summed E-state index contributed by atoms with van der Waals surface area (Å²) in [5.74, 6) is -0.0990. The fourth-order valence-electron chi connectivity index (χ4n) is 1.30. The van der Waals surface area contributed by atoms with Gasteiger partial charge in [-0.25, -0.2) is 8.42 Å². The average Bonchev–Trinajstić information content (AvgIpc) is 2.15. The smallest absolute Gasteiger partial charge is 0.262 e. The van der Waals surface area contributed by atoms with Gasteiger partial charge in [0.2, 0.25) is 0 Å². The van der Waals surface area contributed by atoms with Crippen LogP contribution in [0.1, 0.15) is 18.1 Å². The first-order valence-corrected chi connectivity index (χ1v) is 6.42. The van der Waals surface area contributed by atoms with Crippen LogP contribution in [0, 0.1) is 11.3 Å². The van der Waals surface area contributed by atoms with Crippen LogP contribution < -0.4 is 0 Å². The first-order valence-electron chi connectivity index (χ1n) is 4.11. The number of phenolic OH excluding ortho intramolecular Hbond substituents is 1. The number of rotatable bonds is 2. The molecule has 0 radical (unpaired) electrons. The van der Waals surface area contributed by atoms with Gasteiger partial charge in [0.05, 0.1) is 5.56 Å². The molecule has 0 aliphatic rings. The van der Waals surface area contributed by atoms with Gasteiger partial charge < -0.3 is 5.11 Å². The molecule has 80 valence electrons. The number of hydrogen-bond acceptors (Lipinski definition) is 4. The zero-order chi connectivity index (χ0) is 11.6. The predicted molar refractivity (Wildman–Crippen MR) is 55.2 cm³/mol. The molecule has 0 aromatic heterocycles. The molecule has 0 aliphatic heterocycles. The van der Waals surface area contributed by atoms with Crippen molar-refractivity contribution in [1.29, 1.82) is 5.26 Å². The zero-order valence-corrected chi connectivity index (χ0v) is 9.43. The van der Waals surface area contributed by atoms with E-state index in [1.165, 1.54) is 6.07 Å². The van der Waals surface area contributed by atoms with Gasteiger partial charge in [-0.2, -0.15) is 5.26 Å². The fourth-order valence-corrected chi connectivity index (χ4v) is 2.33. The predicted octanol–water partition coefficient (Wildman–Crippen LogP) is 1.75. The van der Waals surface area contributed by atoms with Crippen molar-refractivity contribution in [2.45, 2.75) is 18.2 Å². The third-order valence-electron chi connectivity index (χ3n) is 1.98. The van der Waals surface area contributed by atoms with Gasteiger partial charge in [0, 0.05) is 16.2 Å². The van der Waals surface area contributed by atoms with Crippen molar-refractivity contribution in [1.82, 2.24) is 0 Å². The van der Waals surface area contributed by atoms with E-state index in [-0.39, 0.29) is 16.2 Å². The molecule has 0 amide bonds. The molecule has 1 rings (SSSR count). The molecule has 1 N–H and O–H groups in total. The highest BCUT2D eigenvalue weighted by Crippen LogP contribution is 2.29. The molecule has 0 saturated heterocycles. The second-order valence-electron chi connectivity index (χ2n) is 2.84. The Morgan fingerprint density at radius 1 is 1.53 bits per heavy atom. The summed E-state index contributed by atoms with van der Waals surface area (Å²) in [4.78, 5) is -0.263. The van der Waals surface area contributed by atoms with Crippen LogP contribution in [-0.2, 0) is 15.5 Å². The molecule has 0 aliphatic carbocycles. The summed E-state index contributed by atoms with van der Waals surface area (Å²) in [6, 6.07) is 4.08.